The van der Waals surface area contributed by atoms with Crippen molar-refractivity contribution in [3.8, 4) is 0 Å². The van der Waals surface area contributed by atoms with E-state index in [1.54, 1.807) is 0 Å². The SMILES string of the molecule is CS(=O)(=O)OCC1CC2c3ccccc3C1c1ccccc12. The van der Waals surface area contributed by atoms with Crippen LogP contribution >= 0.6 is 0 Å². The molecule has 114 valence electrons. The Morgan fingerprint density at radius 1 is 0.955 bits per heavy atom. The lowest BCUT2D eigenvalue weighted by molar-refractivity contribution is 0.211. The number of fused-ring (bicyclic) bond motifs is 1. The van der Waals surface area contributed by atoms with Gasteiger partial charge in [-0.1, -0.05) is 48.5 Å². The van der Waals surface area contributed by atoms with Crippen LogP contribution in [0.4, 0.5) is 0 Å². The minimum absolute atomic E-state index is 0.213. The zero-order chi connectivity index (χ0) is 15.3. The molecule has 5 rings (SSSR count). The highest BCUT2D eigenvalue weighted by Gasteiger charge is 2.43. The van der Waals surface area contributed by atoms with Crippen molar-refractivity contribution in [2.75, 3.05) is 12.9 Å². The van der Waals surface area contributed by atoms with Crippen molar-refractivity contribution >= 4 is 10.1 Å². The molecule has 0 aliphatic heterocycles. The molecule has 22 heavy (non-hydrogen) atoms. The van der Waals surface area contributed by atoms with Gasteiger partial charge in [0.1, 0.15) is 0 Å². The van der Waals surface area contributed by atoms with E-state index >= 15 is 0 Å². The maximum Gasteiger partial charge on any atom is 0.264 e. The number of hydrogen-bond donors (Lipinski definition) is 0. The van der Waals surface area contributed by atoms with Crippen LogP contribution in [0.1, 0.15) is 40.5 Å². The summed E-state index contributed by atoms with van der Waals surface area (Å²) in [5.41, 5.74) is 5.45. The Morgan fingerprint density at radius 3 is 1.95 bits per heavy atom. The molecule has 4 heteroatoms. The highest BCUT2D eigenvalue weighted by molar-refractivity contribution is 7.85. The summed E-state index contributed by atoms with van der Waals surface area (Å²) in [4.78, 5) is 0. The maximum atomic E-state index is 11.3. The molecule has 0 radical (unpaired) electrons. The van der Waals surface area contributed by atoms with Crippen molar-refractivity contribution in [3.05, 3.63) is 70.8 Å². The molecule has 3 nitrogen and oxygen atoms in total. The quantitative estimate of drug-likeness (QED) is 0.817. The second kappa shape index (κ2) is 4.93. The van der Waals surface area contributed by atoms with E-state index in [4.69, 9.17) is 4.18 Å². The predicted octanol–water partition coefficient (Wildman–Crippen LogP) is 3.26. The van der Waals surface area contributed by atoms with Crippen LogP contribution in [0, 0.1) is 5.92 Å². The molecular formula is C18H18O3S. The molecule has 0 fully saturated rings. The second-order valence-corrected chi connectivity index (χ2v) is 7.92. The van der Waals surface area contributed by atoms with Gasteiger partial charge in [-0.25, -0.2) is 0 Å². The van der Waals surface area contributed by atoms with Crippen LogP contribution in [0.2, 0.25) is 0 Å². The first-order valence-corrected chi connectivity index (χ1v) is 9.38. The van der Waals surface area contributed by atoms with Gasteiger partial charge in [-0.15, -0.1) is 0 Å². The third kappa shape index (κ3) is 2.18. The van der Waals surface area contributed by atoms with Crippen molar-refractivity contribution in [1.29, 1.82) is 0 Å². The van der Waals surface area contributed by atoms with Gasteiger partial charge in [0, 0.05) is 11.8 Å². The molecule has 3 aliphatic carbocycles. The Balaban J connectivity index is 1.79. The Labute approximate surface area is 131 Å². The molecule has 0 saturated heterocycles. The van der Waals surface area contributed by atoms with Crippen LogP contribution in [-0.4, -0.2) is 21.3 Å². The molecule has 2 aromatic rings. The van der Waals surface area contributed by atoms with Gasteiger partial charge in [0.25, 0.3) is 10.1 Å². The molecule has 1 unspecified atom stereocenters. The fourth-order valence-corrected chi connectivity index (χ4v) is 4.56. The largest absolute Gasteiger partial charge is 0.270 e. The zero-order valence-electron chi connectivity index (χ0n) is 12.4. The topological polar surface area (TPSA) is 43.4 Å². The average molecular weight is 314 g/mol. The van der Waals surface area contributed by atoms with Gasteiger partial charge >= 0.3 is 0 Å². The highest BCUT2D eigenvalue weighted by Crippen LogP contribution is 2.55. The van der Waals surface area contributed by atoms with Gasteiger partial charge in [-0.3, -0.25) is 4.18 Å². The number of hydrogen-bond acceptors (Lipinski definition) is 3. The van der Waals surface area contributed by atoms with Gasteiger partial charge in [-0.2, -0.15) is 8.42 Å². The minimum Gasteiger partial charge on any atom is -0.270 e. The van der Waals surface area contributed by atoms with Crippen LogP contribution < -0.4 is 0 Å². The van der Waals surface area contributed by atoms with Crippen LogP contribution in [-0.2, 0) is 14.3 Å². The van der Waals surface area contributed by atoms with Crippen molar-refractivity contribution in [3.63, 3.8) is 0 Å². The molecule has 2 bridgehead atoms. The summed E-state index contributed by atoms with van der Waals surface area (Å²) >= 11 is 0. The third-order valence-corrected chi connectivity index (χ3v) is 5.48. The Bertz CT molecular complexity index is 778. The Kier molecular flexibility index (Phi) is 3.13. The number of rotatable bonds is 3. The summed E-state index contributed by atoms with van der Waals surface area (Å²) in [5.74, 6) is 0.800. The van der Waals surface area contributed by atoms with Gasteiger partial charge in [0.15, 0.2) is 0 Å². The van der Waals surface area contributed by atoms with Crippen molar-refractivity contribution in [1.82, 2.24) is 0 Å². The van der Waals surface area contributed by atoms with Gasteiger partial charge in [0.05, 0.1) is 12.9 Å². The second-order valence-electron chi connectivity index (χ2n) is 6.27. The first kappa shape index (κ1) is 14.0. The van der Waals surface area contributed by atoms with Crippen LogP contribution in [0.5, 0.6) is 0 Å². The van der Waals surface area contributed by atoms with E-state index in [1.165, 1.54) is 22.3 Å². The highest BCUT2D eigenvalue weighted by atomic mass is 32.2. The Morgan fingerprint density at radius 2 is 1.45 bits per heavy atom. The molecule has 0 amide bonds. The van der Waals surface area contributed by atoms with E-state index in [-0.39, 0.29) is 18.4 Å². The third-order valence-electron chi connectivity index (χ3n) is 4.92. The molecule has 0 N–H and O–H groups in total. The van der Waals surface area contributed by atoms with E-state index < -0.39 is 10.1 Å². The fourth-order valence-electron chi connectivity index (χ4n) is 4.13. The normalized spacial score (nSPS) is 25.6. The molecular weight excluding hydrogens is 296 g/mol. The van der Waals surface area contributed by atoms with Crippen LogP contribution in [0.15, 0.2) is 48.5 Å². The van der Waals surface area contributed by atoms with Gasteiger partial charge < -0.3 is 0 Å². The van der Waals surface area contributed by atoms with E-state index in [1.807, 2.05) is 0 Å². The maximum absolute atomic E-state index is 11.3. The molecule has 0 spiro atoms. The molecule has 3 aliphatic rings. The van der Waals surface area contributed by atoms with Crippen molar-refractivity contribution < 1.29 is 12.6 Å². The lowest BCUT2D eigenvalue weighted by Gasteiger charge is -2.45. The number of benzene rings is 2. The summed E-state index contributed by atoms with van der Waals surface area (Å²) in [5, 5.41) is 0. The zero-order valence-corrected chi connectivity index (χ0v) is 13.2. The monoisotopic (exact) mass is 314 g/mol. The van der Waals surface area contributed by atoms with E-state index in [9.17, 15) is 8.42 Å². The first-order valence-electron chi connectivity index (χ1n) is 7.56. The summed E-state index contributed by atoms with van der Waals surface area (Å²) < 4.78 is 27.8. The Hall–Kier alpha value is -1.65. The lowest BCUT2D eigenvalue weighted by Crippen LogP contribution is -2.34. The molecule has 1 atom stereocenters. The molecule has 0 saturated carbocycles. The van der Waals surface area contributed by atoms with Crippen LogP contribution in [0.3, 0.4) is 0 Å². The summed E-state index contributed by atoms with van der Waals surface area (Å²) in [7, 11) is -3.40. The summed E-state index contributed by atoms with van der Waals surface area (Å²) in [6, 6.07) is 17.1. The van der Waals surface area contributed by atoms with Crippen molar-refractivity contribution in [2.45, 2.75) is 18.3 Å². The van der Waals surface area contributed by atoms with Gasteiger partial charge in [-0.05, 0) is 34.6 Å². The summed E-state index contributed by atoms with van der Waals surface area (Å²) in [6.07, 6.45) is 2.07. The molecule has 0 aromatic heterocycles. The van der Waals surface area contributed by atoms with E-state index in [0.717, 1.165) is 12.7 Å². The van der Waals surface area contributed by atoms with Crippen LogP contribution in [0.25, 0.3) is 0 Å². The van der Waals surface area contributed by atoms with Gasteiger partial charge in [0.2, 0.25) is 0 Å². The summed E-state index contributed by atoms with van der Waals surface area (Å²) in [6.45, 7) is 0.267. The smallest absolute Gasteiger partial charge is 0.264 e. The van der Waals surface area contributed by atoms with Crippen molar-refractivity contribution in [2.24, 2.45) is 5.92 Å². The van der Waals surface area contributed by atoms with E-state index in [2.05, 4.69) is 48.5 Å². The average Bonchev–Trinajstić information content (AvgIpc) is 2.52. The molecule has 2 aromatic carbocycles. The predicted molar refractivity (Wildman–Crippen MR) is 85.5 cm³/mol. The first-order chi connectivity index (χ1) is 10.5. The fraction of sp³-hybridized carbons (Fsp3) is 0.333. The minimum atomic E-state index is -3.40. The standard InChI is InChI=1S/C18H18O3S/c1-22(19,20)21-11-12-10-17-13-6-2-4-8-15(13)18(12)16-9-5-3-7-14(16)17/h2-9,12,17-18H,10-11H2,1H3. The lowest BCUT2D eigenvalue weighted by atomic mass is 9.59. The molecule has 0 heterocycles. The van der Waals surface area contributed by atoms with E-state index in [0.29, 0.717) is 5.92 Å².